The lowest BCUT2D eigenvalue weighted by Gasteiger charge is -2.22. The van der Waals surface area contributed by atoms with E-state index in [2.05, 4.69) is 12.1 Å². The van der Waals surface area contributed by atoms with Crippen LogP contribution >= 0.6 is 11.8 Å². The van der Waals surface area contributed by atoms with Crippen molar-refractivity contribution in [2.75, 3.05) is 17.2 Å². The second kappa shape index (κ2) is 6.36. The average Bonchev–Trinajstić information content (AvgIpc) is 2.84. The number of carbonyl (C=O) groups excluding carboxylic acids is 1. The van der Waals surface area contributed by atoms with Crippen LogP contribution in [0.2, 0.25) is 0 Å². The number of thioether (sulfide) groups is 1. The molecule has 0 bridgehead atoms. The molecule has 1 amide bonds. The maximum atomic E-state index is 13.0. The molecular weight excluding hydrogens is 318 g/mol. The molecule has 0 N–H and O–H groups in total. The van der Waals surface area contributed by atoms with E-state index < -0.39 is 0 Å². The highest BCUT2D eigenvalue weighted by Crippen LogP contribution is 2.34. The van der Waals surface area contributed by atoms with Crippen molar-refractivity contribution in [2.45, 2.75) is 24.7 Å². The van der Waals surface area contributed by atoms with Gasteiger partial charge < -0.3 is 9.32 Å². The highest BCUT2D eigenvalue weighted by Gasteiger charge is 2.22. The summed E-state index contributed by atoms with van der Waals surface area (Å²) in [6, 6.07) is 14.3. The van der Waals surface area contributed by atoms with Crippen LogP contribution < -0.4 is 4.90 Å². The quantitative estimate of drug-likeness (QED) is 0.673. The van der Waals surface area contributed by atoms with Gasteiger partial charge in [0, 0.05) is 22.4 Å². The van der Waals surface area contributed by atoms with Gasteiger partial charge in [0.05, 0.1) is 18.4 Å². The Balaban J connectivity index is 1.64. The Morgan fingerprint density at radius 2 is 2.12 bits per heavy atom. The molecule has 0 aliphatic carbocycles. The summed E-state index contributed by atoms with van der Waals surface area (Å²) < 4.78 is 5.64. The molecule has 4 heteroatoms. The number of furan rings is 1. The van der Waals surface area contributed by atoms with Crippen molar-refractivity contribution in [3.8, 4) is 0 Å². The van der Waals surface area contributed by atoms with Crippen LogP contribution in [-0.2, 0) is 11.2 Å². The number of hydrogen-bond acceptors (Lipinski definition) is 3. The van der Waals surface area contributed by atoms with Crippen LogP contribution in [0.1, 0.15) is 17.5 Å². The molecule has 3 nitrogen and oxygen atoms in total. The molecule has 2 heterocycles. The van der Waals surface area contributed by atoms with E-state index in [0.29, 0.717) is 6.42 Å². The van der Waals surface area contributed by atoms with Crippen molar-refractivity contribution in [3.63, 3.8) is 0 Å². The maximum absolute atomic E-state index is 13.0. The summed E-state index contributed by atoms with van der Waals surface area (Å²) in [4.78, 5) is 16.1. The van der Waals surface area contributed by atoms with Gasteiger partial charge in [-0.25, -0.2) is 0 Å². The summed E-state index contributed by atoms with van der Waals surface area (Å²) in [7, 11) is 0. The first-order valence-electron chi connectivity index (χ1n) is 8.21. The van der Waals surface area contributed by atoms with Crippen molar-refractivity contribution in [2.24, 2.45) is 0 Å². The first-order chi connectivity index (χ1) is 11.7. The molecule has 0 spiro atoms. The Labute approximate surface area is 145 Å². The van der Waals surface area contributed by atoms with Gasteiger partial charge in [-0.3, -0.25) is 4.79 Å². The van der Waals surface area contributed by atoms with Crippen LogP contribution in [-0.4, -0.2) is 18.2 Å². The fourth-order valence-electron chi connectivity index (χ4n) is 3.17. The zero-order valence-corrected chi connectivity index (χ0v) is 14.4. The average molecular weight is 337 g/mol. The van der Waals surface area contributed by atoms with Crippen LogP contribution in [0.15, 0.2) is 58.0 Å². The van der Waals surface area contributed by atoms with Gasteiger partial charge in [-0.15, -0.1) is 11.8 Å². The number of anilines is 1. The first-order valence-corrected chi connectivity index (χ1v) is 9.20. The summed E-state index contributed by atoms with van der Waals surface area (Å²) in [6.07, 6.45) is 3.10. The Kier molecular flexibility index (Phi) is 4.07. The zero-order valence-electron chi connectivity index (χ0n) is 13.6. The molecule has 1 aromatic heterocycles. The molecular formula is C20H19NO2S. The molecule has 0 atom stereocenters. The summed E-state index contributed by atoms with van der Waals surface area (Å²) in [5.41, 5.74) is 4.01. The van der Waals surface area contributed by atoms with E-state index in [1.807, 2.05) is 53.9 Å². The van der Waals surface area contributed by atoms with Crippen LogP contribution in [0.5, 0.6) is 0 Å². The molecule has 4 rings (SSSR count). The predicted molar refractivity (Wildman–Crippen MR) is 98.8 cm³/mol. The van der Waals surface area contributed by atoms with E-state index in [-0.39, 0.29) is 5.91 Å². The topological polar surface area (TPSA) is 33.5 Å². The number of para-hydroxylation sites is 1. The van der Waals surface area contributed by atoms with Crippen molar-refractivity contribution < 1.29 is 9.21 Å². The summed E-state index contributed by atoms with van der Waals surface area (Å²) in [6.45, 7) is 2.82. The number of hydrogen-bond donors (Lipinski definition) is 0. The third-order valence-corrected chi connectivity index (χ3v) is 5.54. The van der Waals surface area contributed by atoms with Gasteiger partial charge in [0.1, 0.15) is 5.58 Å². The smallest absolute Gasteiger partial charge is 0.231 e. The van der Waals surface area contributed by atoms with Gasteiger partial charge in [0.15, 0.2) is 0 Å². The molecule has 0 unspecified atom stereocenters. The van der Waals surface area contributed by atoms with Gasteiger partial charge in [-0.1, -0.05) is 24.3 Å². The normalized spacial score (nSPS) is 14.5. The number of amides is 1. The number of nitrogens with zero attached hydrogens (tertiary/aromatic N) is 1. The molecule has 1 aliphatic rings. The van der Waals surface area contributed by atoms with Gasteiger partial charge in [0.2, 0.25) is 5.91 Å². The van der Waals surface area contributed by atoms with Crippen molar-refractivity contribution in [3.05, 3.63) is 59.9 Å². The SMILES string of the molecule is Cc1ccc2c(CC(=O)N3CCCSc4ccccc43)coc2c1. The zero-order chi connectivity index (χ0) is 16.5. The number of rotatable bonds is 2. The van der Waals surface area contributed by atoms with Crippen molar-refractivity contribution in [1.29, 1.82) is 0 Å². The van der Waals surface area contributed by atoms with Gasteiger partial charge >= 0.3 is 0 Å². The van der Waals surface area contributed by atoms with E-state index in [0.717, 1.165) is 46.5 Å². The lowest BCUT2D eigenvalue weighted by atomic mass is 10.1. The molecule has 0 saturated heterocycles. The molecule has 0 radical (unpaired) electrons. The molecule has 24 heavy (non-hydrogen) atoms. The predicted octanol–water partition coefficient (Wildman–Crippen LogP) is 4.81. The molecule has 0 fully saturated rings. The highest BCUT2D eigenvalue weighted by atomic mass is 32.2. The molecule has 3 aromatic rings. The van der Waals surface area contributed by atoms with E-state index in [9.17, 15) is 4.79 Å². The molecule has 1 aliphatic heterocycles. The van der Waals surface area contributed by atoms with E-state index >= 15 is 0 Å². The number of aryl methyl sites for hydroxylation is 1. The summed E-state index contributed by atoms with van der Waals surface area (Å²) in [5, 5.41) is 1.03. The maximum Gasteiger partial charge on any atom is 0.231 e. The first kappa shape index (κ1) is 15.3. The van der Waals surface area contributed by atoms with Crippen molar-refractivity contribution in [1.82, 2.24) is 0 Å². The number of fused-ring (bicyclic) bond motifs is 2. The highest BCUT2D eigenvalue weighted by molar-refractivity contribution is 7.99. The Morgan fingerprint density at radius 1 is 1.25 bits per heavy atom. The Bertz CT molecular complexity index is 900. The van der Waals surface area contributed by atoms with E-state index in [1.165, 1.54) is 4.90 Å². The van der Waals surface area contributed by atoms with E-state index in [1.54, 1.807) is 6.26 Å². The second-order valence-electron chi connectivity index (χ2n) is 6.15. The number of benzene rings is 2. The molecule has 0 saturated carbocycles. The monoisotopic (exact) mass is 337 g/mol. The van der Waals surface area contributed by atoms with Gasteiger partial charge in [0.25, 0.3) is 0 Å². The second-order valence-corrected chi connectivity index (χ2v) is 7.29. The fraction of sp³-hybridized carbons (Fsp3) is 0.250. The van der Waals surface area contributed by atoms with Crippen LogP contribution in [0, 0.1) is 6.92 Å². The van der Waals surface area contributed by atoms with Gasteiger partial charge in [-0.2, -0.15) is 0 Å². The lowest BCUT2D eigenvalue weighted by molar-refractivity contribution is -0.118. The largest absolute Gasteiger partial charge is 0.464 e. The minimum atomic E-state index is 0.133. The molecule has 2 aromatic carbocycles. The van der Waals surface area contributed by atoms with Gasteiger partial charge in [-0.05, 0) is 42.9 Å². The minimum Gasteiger partial charge on any atom is -0.464 e. The molecule has 122 valence electrons. The third-order valence-electron chi connectivity index (χ3n) is 4.39. The minimum absolute atomic E-state index is 0.133. The Morgan fingerprint density at radius 3 is 3.04 bits per heavy atom. The van der Waals surface area contributed by atoms with Crippen molar-refractivity contribution >= 4 is 34.3 Å². The van der Waals surface area contributed by atoms with E-state index in [4.69, 9.17) is 4.42 Å². The van der Waals surface area contributed by atoms with Crippen LogP contribution in [0.4, 0.5) is 5.69 Å². The fourth-order valence-corrected chi connectivity index (χ4v) is 4.17. The lowest BCUT2D eigenvalue weighted by Crippen LogP contribution is -2.33. The summed E-state index contributed by atoms with van der Waals surface area (Å²) in [5.74, 6) is 1.18. The van der Waals surface area contributed by atoms with Crippen LogP contribution in [0.3, 0.4) is 0 Å². The van der Waals surface area contributed by atoms with Crippen LogP contribution in [0.25, 0.3) is 11.0 Å². The summed E-state index contributed by atoms with van der Waals surface area (Å²) >= 11 is 1.83. The number of carbonyl (C=O) groups is 1. The third kappa shape index (κ3) is 2.82. The Hall–Kier alpha value is -2.20. The standard InChI is InChI=1S/C20H19NO2S/c1-14-7-8-16-15(13-23-18(16)11-14)12-20(22)21-9-4-10-24-19-6-3-2-5-17(19)21/h2-3,5-8,11,13H,4,9-10,12H2,1H3.